The number of nitrogens with one attached hydrogen (secondary N) is 1. The van der Waals surface area contributed by atoms with E-state index in [4.69, 9.17) is 9.84 Å². The first-order valence-electron chi connectivity index (χ1n) is 18.6. The Bertz CT molecular complexity index is 1640. The molecule has 2 heterocycles. The lowest BCUT2D eigenvalue weighted by Crippen LogP contribution is -2.76. The van der Waals surface area contributed by atoms with Crippen molar-refractivity contribution in [2.24, 2.45) is 5.10 Å². The van der Waals surface area contributed by atoms with Gasteiger partial charge >= 0.3 is 6.03 Å². The van der Waals surface area contributed by atoms with Gasteiger partial charge in [0.2, 0.25) is 11.8 Å². The number of aryl methyl sites for hydroxylation is 1. The molecular weight excluding hydrogens is 670 g/mol. The summed E-state index contributed by atoms with van der Waals surface area (Å²) in [6, 6.07) is 11.5. The van der Waals surface area contributed by atoms with E-state index in [1.165, 1.54) is 0 Å². The van der Waals surface area contributed by atoms with Crippen LogP contribution in [-0.4, -0.2) is 108 Å². The number of unbranched alkanes of at least 4 members (excludes halogenated alkanes) is 2. The van der Waals surface area contributed by atoms with E-state index in [1.807, 2.05) is 62.2 Å². The largest absolute Gasteiger partial charge is 0.508 e. The number of hydrazone groups is 1. The lowest BCUT2D eigenvalue weighted by Gasteiger charge is -2.54. The third kappa shape index (κ3) is 11.0. The molecule has 12 heteroatoms. The number of hydrogen-bond acceptors (Lipinski definition) is 8. The predicted octanol–water partition coefficient (Wildman–Crippen LogP) is 5.78. The summed E-state index contributed by atoms with van der Waals surface area (Å²) in [5.41, 5.74) is 4.62. The number of ether oxygens (including phenoxy) is 1. The lowest BCUT2D eigenvalue weighted by molar-refractivity contribution is -0.187. The molecule has 0 saturated carbocycles. The molecule has 2 N–H and O–H groups in total. The van der Waals surface area contributed by atoms with Gasteiger partial charge in [0, 0.05) is 52.5 Å². The second-order valence-electron chi connectivity index (χ2n) is 13.6. The zero-order valence-electron chi connectivity index (χ0n) is 32.0. The summed E-state index contributed by atoms with van der Waals surface area (Å²) in [5, 5.41) is 22.9. The van der Waals surface area contributed by atoms with Crippen LogP contribution < -0.4 is 10.3 Å². The van der Waals surface area contributed by atoms with Crippen LogP contribution in [0, 0.1) is 6.92 Å². The van der Waals surface area contributed by atoms with Crippen LogP contribution in [0.2, 0.25) is 0 Å². The first-order valence-corrected chi connectivity index (χ1v) is 18.6. The van der Waals surface area contributed by atoms with Crippen LogP contribution in [0.4, 0.5) is 10.5 Å². The lowest BCUT2D eigenvalue weighted by atomic mass is 9.97. The number of nitrogens with zero attached hydrogens (tertiary/aromatic N) is 6. The van der Waals surface area contributed by atoms with Gasteiger partial charge in [0.25, 0.3) is 0 Å². The highest BCUT2D eigenvalue weighted by Gasteiger charge is 2.50. The molecule has 0 radical (unpaired) electrons. The number of urea groups is 1. The first-order chi connectivity index (χ1) is 25.6. The van der Waals surface area contributed by atoms with E-state index in [9.17, 15) is 19.5 Å². The van der Waals surface area contributed by atoms with Crippen molar-refractivity contribution in [3.63, 3.8) is 0 Å². The molecule has 0 aromatic heterocycles. The number of phenols is 1. The third-order valence-corrected chi connectivity index (χ3v) is 9.36. The number of carbonyl (C=O) groups is 3. The number of para-hydroxylation sites is 1. The molecule has 0 bridgehead atoms. The number of allylic oxidation sites excluding steroid dienone is 4. The summed E-state index contributed by atoms with van der Waals surface area (Å²) < 4.78 is 5.67. The van der Waals surface area contributed by atoms with E-state index in [0.29, 0.717) is 13.1 Å². The number of aromatic hydroxyl groups is 1. The number of hydrogen-bond donors (Lipinski definition) is 2. The van der Waals surface area contributed by atoms with Crippen molar-refractivity contribution >= 4 is 29.7 Å². The minimum atomic E-state index is -0.867. The maximum absolute atomic E-state index is 14.6. The fourth-order valence-corrected chi connectivity index (χ4v) is 6.83. The van der Waals surface area contributed by atoms with Crippen molar-refractivity contribution in [1.29, 1.82) is 0 Å². The maximum atomic E-state index is 14.6. The van der Waals surface area contributed by atoms with Gasteiger partial charge < -0.3 is 25.0 Å². The molecule has 2 aromatic rings. The van der Waals surface area contributed by atoms with Crippen molar-refractivity contribution in [3.05, 3.63) is 95.6 Å². The molecule has 2 fully saturated rings. The van der Waals surface area contributed by atoms with Crippen molar-refractivity contribution in [3.8, 4) is 5.75 Å². The van der Waals surface area contributed by atoms with Crippen LogP contribution >= 0.6 is 0 Å². The predicted molar refractivity (Wildman–Crippen MR) is 210 cm³/mol. The number of likely N-dealkylation sites (N-methyl/N-ethyl adjacent to an activating group) is 1. The number of phenolic OH excluding ortho intramolecular Hbond substituents is 1. The quantitative estimate of drug-likeness (QED) is 0.0865. The second-order valence-corrected chi connectivity index (χ2v) is 13.6. The number of piperazine rings is 1. The van der Waals surface area contributed by atoms with Gasteiger partial charge in [0.05, 0.1) is 18.8 Å². The summed E-state index contributed by atoms with van der Waals surface area (Å²) in [5.74, 6) is -0.323. The molecule has 2 aliphatic heterocycles. The normalized spacial score (nSPS) is 18.3. The SMILES string of the molecule is C=C/C=C\C=C(/C)CNC(=O)N1C2CN(Cc3cccc(C)c3N(CCCCCOCCC)/N=C\C)C(=O)[C@H](Cc3ccc(O)cc3)N2C(=O)CN1C. The minimum Gasteiger partial charge on any atom is -0.508 e. The van der Waals surface area contributed by atoms with Crippen molar-refractivity contribution in [2.45, 2.75) is 78.6 Å². The number of rotatable bonds is 18. The molecule has 286 valence electrons. The molecule has 0 aliphatic carbocycles. The molecule has 2 saturated heterocycles. The van der Waals surface area contributed by atoms with E-state index in [1.54, 1.807) is 63.4 Å². The summed E-state index contributed by atoms with van der Waals surface area (Å²) in [6.45, 7) is 14.5. The van der Waals surface area contributed by atoms with Gasteiger partial charge in [-0.15, -0.1) is 0 Å². The molecular formula is C41H57N7O5. The molecule has 4 amide bonds. The van der Waals surface area contributed by atoms with Crippen molar-refractivity contribution in [1.82, 2.24) is 25.1 Å². The standard InChI is InChI=1S/C41H57N7O5/c1-7-10-12-16-31(4)27-42-41(52)48-37-29-45(40(51)36(47(37)38(50)30-44(48)6)26-33-19-21-35(49)22-20-33)28-34-18-15-17-32(5)39(34)46(43-9-3)23-13-11-14-25-53-24-8-2/h7,9-10,12,15-22,36-37,49H,1,8,11,13-14,23-30H2,2-6H3,(H,42,52)/b12-10-,31-16+,43-9-/t36-,37?/m0/s1. The van der Waals surface area contributed by atoms with Crippen LogP contribution in [0.1, 0.15) is 63.1 Å². The molecule has 0 spiro atoms. The molecule has 53 heavy (non-hydrogen) atoms. The average Bonchev–Trinajstić information content (AvgIpc) is 3.12. The topological polar surface area (TPSA) is 121 Å². The summed E-state index contributed by atoms with van der Waals surface area (Å²) in [4.78, 5) is 45.7. The Hall–Kier alpha value is -4.94. The Kier molecular flexibility index (Phi) is 15.7. The molecule has 12 nitrogen and oxygen atoms in total. The van der Waals surface area contributed by atoms with Crippen LogP contribution in [0.15, 0.2) is 84.0 Å². The number of amides is 4. The van der Waals surface area contributed by atoms with E-state index < -0.39 is 12.2 Å². The third-order valence-electron chi connectivity index (χ3n) is 9.36. The van der Waals surface area contributed by atoms with Gasteiger partial charge in [-0.05, 0) is 75.3 Å². The van der Waals surface area contributed by atoms with E-state index in [0.717, 1.165) is 66.8 Å². The zero-order valence-corrected chi connectivity index (χ0v) is 32.0. The summed E-state index contributed by atoms with van der Waals surface area (Å²) in [6.07, 6.45) is 12.4. The van der Waals surface area contributed by atoms with Gasteiger partial charge in [0.15, 0.2) is 0 Å². The highest BCUT2D eigenvalue weighted by molar-refractivity contribution is 5.92. The Morgan fingerprint density at radius 2 is 1.89 bits per heavy atom. The molecule has 4 rings (SSSR count). The van der Waals surface area contributed by atoms with Crippen molar-refractivity contribution in [2.75, 3.05) is 51.4 Å². The number of fused-ring (bicyclic) bond motifs is 1. The highest BCUT2D eigenvalue weighted by Crippen LogP contribution is 2.32. The monoisotopic (exact) mass is 727 g/mol. The van der Waals surface area contributed by atoms with Gasteiger partial charge in [-0.1, -0.05) is 73.7 Å². The fourth-order valence-electron chi connectivity index (χ4n) is 6.83. The zero-order chi connectivity index (χ0) is 38.3. The van der Waals surface area contributed by atoms with Gasteiger partial charge in [0.1, 0.15) is 18.0 Å². The highest BCUT2D eigenvalue weighted by atomic mass is 16.5. The van der Waals surface area contributed by atoms with Gasteiger partial charge in [-0.3, -0.25) is 14.6 Å². The fraction of sp³-hybridized carbons (Fsp3) is 0.463. The van der Waals surface area contributed by atoms with Crippen molar-refractivity contribution < 1.29 is 24.2 Å². The number of carbonyl (C=O) groups excluding carboxylic acids is 3. The molecule has 2 aromatic carbocycles. The summed E-state index contributed by atoms with van der Waals surface area (Å²) >= 11 is 0. The average molecular weight is 728 g/mol. The van der Waals surface area contributed by atoms with Crippen LogP contribution in [0.5, 0.6) is 5.75 Å². The first kappa shape index (κ1) is 40.8. The number of benzene rings is 2. The maximum Gasteiger partial charge on any atom is 0.334 e. The van der Waals surface area contributed by atoms with Crippen LogP contribution in [-0.2, 0) is 27.3 Å². The van der Waals surface area contributed by atoms with E-state index in [-0.39, 0.29) is 49.7 Å². The van der Waals surface area contributed by atoms with E-state index >= 15 is 0 Å². The number of hydrazine groups is 1. The smallest absolute Gasteiger partial charge is 0.334 e. The Morgan fingerprint density at radius 1 is 1.11 bits per heavy atom. The Labute approximate surface area is 315 Å². The van der Waals surface area contributed by atoms with E-state index in [2.05, 4.69) is 18.8 Å². The molecule has 2 atom stereocenters. The minimum absolute atomic E-state index is 0.0586. The molecule has 2 aliphatic rings. The Morgan fingerprint density at radius 3 is 2.60 bits per heavy atom. The summed E-state index contributed by atoms with van der Waals surface area (Å²) in [7, 11) is 1.72. The van der Waals surface area contributed by atoms with Crippen LogP contribution in [0.3, 0.4) is 0 Å². The van der Waals surface area contributed by atoms with Crippen LogP contribution in [0.25, 0.3) is 0 Å². The van der Waals surface area contributed by atoms with Gasteiger partial charge in [-0.2, -0.15) is 5.10 Å². The molecule has 1 unspecified atom stereocenters. The Balaban J connectivity index is 1.65. The second kappa shape index (κ2) is 20.3. The van der Waals surface area contributed by atoms with Gasteiger partial charge in [-0.25, -0.2) is 14.8 Å². The number of anilines is 1.